The molecule has 0 aliphatic heterocycles. The van der Waals surface area contributed by atoms with E-state index in [9.17, 15) is 0 Å². The molecule has 0 amide bonds. The minimum Gasteiger partial charge on any atom is -0.470 e. The number of thiocarbonyl (C=S) groups is 1. The van der Waals surface area contributed by atoms with Gasteiger partial charge in [-0.1, -0.05) is 124 Å². The van der Waals surface area contributed by atoms with Crippen molar-refractivity contribution in [2.24, 2.45) is 0 Å². The van der Waals surface area contributed by atoms with Crippen molar-refractivity contribution in [3.05, 3.63) is 115 Å². The summed E-state index contributed by atoms with van der Waals surface area (Å²) in [4.78, 5) is 8.04. The van der Waals surface area contributed by atoms with Gasteiger partial charge in [0.2, 0.25) is 23.8 Å². The SMILES string of the molecule is CC(=S)OC(c1cnc(Cl)c(Cl)c1)c1nnc(CO[Si](C)(C)C(C)(C)C)o1.CC(C)(C)[Si](C)(C)OCc1nnc(Cc2cnc(Cl)c(Cl)c2)o1.Cc1ccccc1. The van der Waals surface area contributed by atoms with Crippen LogP contribution in [0.2, 0.25) is 56.6 Å². The fourth-order valence-electron chi connectivity index (χ4n) is 4.04. The highest BCUT2D eigenvalue weighted by atomic mass is 35.5. The second-order valence-electron chi connectivity index (χ2n) is 16.2. The van der Waals surface area contributed by atoms with Crippen molar-refractivity contribution in [3.63, 3.8) is 0 Å². The molecule has 1 unspecified atom stereocenters. The number of nitrogens with zero attached hydrogens (tertiary/aromatic N) is 6. The molecule has 0 aliphatic carbocycles. The van der Waals surface area contributed by atoms with Crippen molar-refractivity contribution in [3.8, 4) is 0 Å². The standard InChI is InChI=1S/C17H23Cl2N3O3SSi.C15H21Cl2N3O2Si.C7H8/c1-10(26)24-14(11-7-12(18)15(19)20-8-11)16-22-21-13(25-16)9-23-27(5,6)17(2,3)4;1-15(2,3)23(4,5)21-9-13-20-19-12(22-13)7-10-6-11(16)14(17)18-8-10;1-7-5-3-2-4-6-7/h7-8,14H,9H2,1-6H3;6,8H,7,9H2,1-5H3;2-6H,1H3. The Morgan fingerprint density at radius 1 is 0.719 bits per heavy atom. The van der Waals surface area contributed by atoms with Crippen molar-refractivity contribution in [2.45, 2.75) is 117 Å². The number of hydrogen-bond acceptors (Lipinski definition) is 12. The van der Waals surface area contributed by atoms with E-state index in [4.69, 9.17) is 81.0 Å². The van der Waals surface area contributed by atoms with Crippen LogP contribution in [0.25, 0.3) is 0 Å². The van der Waals surface area contributed by atoms with Gasteiger partial charge in [0, 0.05) is 24.9 Å². The van der Waals surface area contributed by atoms with Gasteiger partial charge in [-0.15, -0.1) is 20.4 Å². The Balaban J connectivity index is 0.000000262. The van der Waals surface area contributed by atoms with Gasteiger partial charge in [0.25, 0.3) is 5.89 Å². The molecule has 0 N–H and O–H groups in total. The maximum absolute atomic E-state index is 6.12. The molecule has 4 aromatic heterocycles. The number of hydrogen-bond donors (Lipinski definition) is 0. The van der Waals surface area contributed by atoms with E-state index in [1.807, 2.05) is 18.2 Å². The van der Waals surface area contributed by atoms with Crippen molar-refractivity contribution in [1.82, 2.24) is 30.4 Å². The highest BCUT2D eigenvalue weighted by Gasteiger charge is 2.38. The van der Waals surface area contributed by atoms with Gasteiger partial charge in [-0.25, -0.2) is 9.97 Å². The van der Waals surface area contributed by atoms with Gasteiger partial charge in [-0.3, -0.25) is 0 Å². The Labute approximate surface area is 363 Å². The Bertz CT molecular complexity index is 2060. The lowest BCUT2D eigenvalue weighted by Gasteiger charge is -2.35. The second-order valence-corrected chi connectivity index (χ2v) is 27.9. The van der Waals surface area contributed by atoms with Gasteiger partial charge < -0.3 is 22.4 Å². The Hall–Kier alpha value is -2.80. The first kappa shape index (κ1) is 48.6. The molecule has 0 fully saturated rings. The van der Waals surface area contributed by atoms with E-state index in [-0.39, 0.29) is 32.9 Å². The highest BCUT2D eigenvalue weighted by molar-refractivity contribution is 7.80. The third-order valence-corrected chi connectivity index (χ3v) is 19.9. The van der Waals surface area contributed by atoms with Gasteiger partial charge in [-0.05, 0) is 73.1 Å². The first-order valence-corrected chi connectivity index (χ1v) is 25.8. The first-order valence-electron chi connectivity index (χ1n) is 18.1. The molecule has 0 saturated carbocycles. The zero-order valence-corrected chi connectivity index (χ0v) is 40.4. The molecule has 0 aliphatic rings. The lowest BCUT2D eigenvalue weighted by molar-refractivity contribution is 0.184. The molecule has 0 radical (unpaired) electrons. The molecule has 1 aromatic carbocycles. The molecule has 4 heterocycles. The average Bonchev–Trinajstić information content (AvgIpc) is 3.78. The number of ether oxygens (including phenoxy) is 1. The molecule has 18 heteroatoms. The van der Waals surface area contributed by atoms with Crippen LogP contribution in [0.4, 0.5) is 0 Å². The predicted molar refractivity (Wildman–Crippen MR) is 236 cm³/mol. The molecule has 0 saturated heterocycles. The number of aromatic nitrogens is 6. The van der Waals surface area contributed by atoms with Gasteiger partial charge in [-0.2, -0.15) is 0 Å². The molecule has 57 heavy (non-hydrogen) atoms. The second kappa shape index (κ2) is 20.9. The van der Waals surface area contributed by atoms with Crippen LogP contribution in [0.15, 0.2) is 63.7 Å². The summed E-state index contributed by atoms with van der Waals surface area (Å²) in [6.07, 6.45) is 2.91. The summed E-state index contributed by atoms with van der Waals surface area (Å²) in [6.45, 7) is 26.1. The minimum atomic E-state index is -1.93. The Kier molecular flexibility index (Phi) is 17.8. The van der Waals surface area contributed by atoms with Crippen LogP contribution in [0.5, 0.6) is 0 Å². The summed E-state index contributed by atoms with van der Waals surface area (Å²) in [5.74, 6) is 1.60. The van der Waals surface area contributed by atoms with Gasteiger partial charge >= 0.3 is 0 Å². The van der Waals surface area contributed by atoms with Crippen LogP contribution in [-0.4, -0.2) is 52.0 Å². The number of pyridine rings is 2. The van der Waals surface area contributed by atoms with Crippen LogP contribution in [-0.2, 0) is 33.2 Å². The van der Waals surface area contributed by atoms with E-state index in [2.05, 4.69) is 117 Å². The van der Waals surface area contributed by atoms with Crippen LogP contribution >= 0.6 is 58.6 Å². The lowest BCUT2D eigenvalue weighted by atomic mass is 10.1. The van der Waals surface area contributed by atoms with E-state index in [1.165, 1.54) is 11.8 Å². The van der Waals surface area contributed by atoms with Crippen LogP contribution in [0, 0.1) is 6.92 Å². The van der Waals surface area contributed by atoms with Crippen molar-refractivity contribution in [1.29, 1.82) is 0 Å². The predicted octanol–water partition coefficient (Wildman–Crippen LogP) is 12.6. The zero-order valence-electron chi connectivity index (χ0n) is 34.5. The largest absolute Gasteiger partial charge is 0.470 e. The normalized spacial score (nSPS) is 12.6. The summed E-state index contributed by atoms with van der Waals surface area (Å²) < 4.78 is 29.3. The molecule has 11 nitrogen and oxygen atoms in total. The van der Waals surface area contributed by atoms with E-state index in [1.54, 1.807) is 25.3 Å². The molecule has 310 valence electrons. The topological polar surface area (TPSA) is 131 Å². The monoisotopic (exact) mass is 912 g/mol. The van der Waals surface area contributed by atoms with E-state index >= 15 is 0 Å². The quantitative estimate of drug-likeness (QED) is 0.0710. The smallest absolute Gasteiger partial charge is 0.261 e. The molecule has 1 atom stereocenters. The average molecular weight is 915 g/mol. The number of aryl methyl sites for hydroxylation is 1. The summed E-state index contributed by atoms with van der Waals surface area (Å²) in [5.41, 5.74) is 2.79. The molecule has 5 rings (SSSR count). The summed E-state index contributed by atoms with van der Waals surface area (Å²) in [6, 6.07) is 13.6. The number of halogens is 4. The fourth-order valence-corrected chi connectivity index (χ4v) is 6.54. The fraction of sp³-hybridized carbons (Fsp3) is 0.462. The van der Waals surface area contributed by atoms with Crippen LogP contribution in [0.3, 0.4) is 0 Å². The van der Waals surface area contributed by atoms with E-state index < -0.39 is 22.7 Å². The lowest BCUT2D eigenvalue weighted by Crippen LogP contribution is -2.40. The number of rotatable bonds is 11. The first-order chi connectivity index (χ1) is 26.4. The maximum atomic E-state index is 6.12. The Morgan fingerprint density at radius 2 is 1.21 bits per heavy atom. The molecular formula is C39H52Cl4N6O5SSi2. The van der Waals surface area contributed by atoms with Gasteiger partial charge in [0.1, 0.15) is 23.5 Å². The summed E-state index contributed by atoms with van der Waals surface area (Å²) in [5, 5.41) is 18.0. The minimum absolute atomic E-state index is 0.0849. The van der Waals surface area contributed by atoms with Crippen LogP contribution in [0.1, 0.15) is 94.8 Å². The van der Waals surface area contributed by atoms with E-state index in [0.29, 0.717) is 51.4 Å². The summed E-state index contributed by atoms with van der Waals surface area (Å²) >= 11 is 28.8. The molecule has 0 bridgehead atoms. The van der Waals surface area contributed by atoms with Crippen molar-refractivity contribution < 1.29 is 22.4 Å². The molecule has 5 aromatic rings. The zero-order chi connectivity index (χ0) is 42.8. The molecule has 0 spiro atoms. The van der Waals surface area contributed by atoms with E-state index in [0.717, 1.165) is 5.56 Å². The number of benzene rings is 1. The third kappa shape index (κ3) is 15.4. The van der Waals surface area contributed by atoms with Crippen LogP contribution < -0.4 is 0 Å². The third-order valence-electron chi connectivity index (χ3n) is 9.49. The van der Waals surface area contributed by atoms with Gasteiger partial charge in [0.05, 0.1) is 16.5 Å². The van der Waals surface area contributed by atoms with Gasteiger partial charge in [0.15, 0.2) is 21.7 Å². The van der Waals surface area contributed by atoms with Crippen molar-refractivity contribution >= 4 is 80.3 Å². The maximum Gasteiger partial charge on any atom is 0.261 e. The molecular weight excluding hydrogens is 863 g/mol. The summed E-state index contributed by atoms with van der Waals surface area (Å²) in [7, 11) is -3.77. The highest BCUT2D eigenvalue weighted by Crippen LogP contribution is 2.38. The van der Waals surface area contributed by atoms with Crippen molar-refractivity contribution in [2.75, 3.05) is 0 Å². The Morgan fingerprint density at radius 3 is 1.68 bits per heavy atom.